The molecule has 1 amide bonds. The first kappa shape index (κ1) is 14.1. The molecule has 0 fully saturated rings. The van der Waals surface area contributed by atoms with Gasteiger partial charge in [0.05, 0.1) is 11.7 Å². The molecule has 0 unspecified atom stereocenters. The largest absolute Gasteiger partial charge is 0.490 e. The molecule has 1 N–H and O–H groups in total. The highest BCUT2D eigenvalue weighted by Gasteiger charge is 2.13. The Bertz CT molecular complexity index is 588. The predicted octanol–water partition coefficient (Wildman–Crippen LogP) is 4.03. The van der Waals surface area contributed by atoms with Crippen LogP contribution < -0.4 is 10.1 Å². The fourth-order valence-electron chi connectivity index (χ4n) is 1.85. The summed E-state index contributed by atoms with van der Waals surface area (Å²) in [4.78, 5) is 12.3. The number of ether oxygens (including phenoxy) is 1. The zero-order valence-corrected chi connectivity index (χ0v) is 12.0. The van der Waals surface area contributed by atoms with Crippen molar-refractivity contribution in [1.29, 1.82) is 0 Å². The van der Waals surface area contributed by atoms with E-state index in [4.69, 9.17) is 4.74 Å². The number of para-hydroxylation sites is 1. The lowest BCUT2D eigenvalue weighted by Gasteiger charge is -2.14. The van der Waals surface area contributed by atoms with E-state index in [9.17, 15) is 4.79 Å². The van der Waals surface area contributed by atoms with Crippen molar-refractivity contribution in [2.75, 3.05) is 5.32 Å². The lowest BCUT2D eigenvalue weighted by molar-refractivity contribution is 0.102. The van der Waals surface area contributed by atoms with E-state index >= 15 is 0 Å². The van der Waals surface area contributed by atoms with Gasteiger partial charge in [-0.2, -0.15) is 0 Å². The summed E-state index contributed by atoms with van der Waals surface area (Å²) >= 11 is 0. The van der Waals surface area contributed by atoms with Gasteiger partial charge < -0.3 is 10.1 Å². The second-order valence-electron chi connectivity index (χ2n) is 4.98. The third-order valence-electron chi connectivity index (χ3n) is 2.80. The molecule has 0 saturated heterocycles. The summed E-state index contributed by atoms with van der Waals surface area (Å²) in [7, 11) is 0. The van der Waals surface area contributed by atoms with Crippen molar-refractivity contribution in [2.24, 2.45) is 0 Å². The minimum absolute atomic E-state index is 0.0309. The normalized spacial score (nSPS) is 10.4. The van der Waals surface area contributed by atoms with Crippen LogP contribution in [0.5, 0.6) is 5.75 Å². The number of benzene rings is 2. The lowest BCUT2D eigenvalue weighted by Crippen LogP contribution is -2.15. The molecule has 0 aliphatic carbocycles. The highest BCUT2D eigenvalue weighted by Crippen LogP contribution is 2.21. The van der Waals surface area contributed by atoms with Crippen LogP contribution in [0, 0.1) is 6.92 Å². The van der Waals surface area contributed by atoms with Gasteiger partial charge in [-0.1, -0.05) is 29.8 Å². The summed E-state index contributed by atoms with van der Waals surface area (Å²) in [5.74, 6) is 0.442. The molecule has 0 aliphatic rings. The van der Waals surface area contributed by atoms with E-state index in [1.165, 1.54) is 0 Å². The zero-order chi connectivity index (χ0) is 14.5. The Morgan fingerprint density at radius 2 is 1.70 bits per heavy atom. The Balaban J connectivity index is 2.18. The van der Waals surface area contributed by atoms with Crippen LogP contribution in [0.4, 0.5) is 5.69 Å². The monoisotopic (exact) mass is 269 g/mol. The standard InChI is InChI=1S/C17H19NO2/c1-12(2)20-16-7-5-4-6-15(16)17(19)18-14-10-8-13(3)9-11-14/h4-12H,1-3H3,(H,18,19). The highest BCUT2D eigenvalue weighted by molar-refractivity contribution is 6.06. The summed E-state index contributed by atoms with van der Waals surface area (Å²) in [6, 6.07) is 15.0. The maximum Gasteiger partial charge on any atom is 0.259 e. The smallest absolute Gasteiger partial charge is 0.259 e. The van der Waals surface area contributed by atoms with Crippen LogP contribution in [0.1, 0.15) is 29.8 Å². The van der Waals surface area contributed by atoms with Gasteiger partial charge in [0.2, 0.25) is 0 Å². The average molecular weight is 269 g/mol. The van der Waals surface area contributed by atoms with Gasteiger partial charge in [-0.15, -0.1) is 0 Å². The van der Waals surface area contributed by atoms with Crippen molar-refractivity contribution in [3.05, 3.63) is 59.7 Å². The van der Waals surface area contributed by atoms with E-state index in [0.29, 0.717) is 11.3 Å². The van der Waals surface area contributed by atoms with E-state index in [0.717, 1.165) is 11.3 Å². The molecule has 0 atom stereocenters. The minimum atomic E-state index is -0.162. The Morgan fingerprint density at radius 3 is 2.35 bits per heavy atom. The van der Waals surface area contributed by atoms with Crippen LogP contribution in [0.25, 0.3) is 0 Å². The van der Waals surface area contributed by atoms with Crippen LogP contribution in [-0.4, -0.2) is 12.0 Å². The first-order valence-corrected chi connectivity index (χ1v) is 6.70. The second-order valence-corrected chi connectivity index (χ2v) is 4.98. The molecule has 0 radical (unpaired) electrons. The molecule has 3 heteroatoms. The minimum Gasteiger partial charge on any atom is -0.490 e. The third-order valence-corrected chi connectivity index (χ3v) is 2.80. The predicted molar refractivity (Wildman–Crippen MR) is 81.3 cm³/mol. The Hall–Kier alpha value is -2.29. The molecule has 20 heavy (non-hydrogen) atoms. The lowest BCUT2D eigenvalue weighted by atomic mass is 10.1. The number of hydrogen-bond acceptors (Lipinski definition) is 2. The van der Waals surface area contributed by atoms with E-state index in [1.807, 2.05) is 63.2 Å². The molecular formula is C17H19NO2. The summed E-state index contributed by atoms with van der Waals surface area (Å²) in [6.07, 6.45) is 0.0309. The summed E-state index contributed by atoms with van der Waals surface area (Å²) in [5, 5.41) is 2.88. The van der Waals surface area contributed by atoms with Gasteiger partial charge >= 0.3 is 0 Å². The molecule has 0 bridgehead atoms. The molecule has 2 aromatic carbocycles. The van der Waals surface area contributed by atoms with Crippen LogP contribution in [0.15, 0.2) is 48.5 Å². The van der Waals surface area contributed by atoms with Crippen LogP contribution in [-0.2, 0) is 0 Å². The van der Waals surface area contributed by atoms with Crippen LogP contribution in [0.3, 0.4) is 0 Å². The number of carbonyl (C=O) groups excluding carboxylic acids is 1. The highest BCUT2D eigenvalue weighted by atomic mass is 16.5. The summed E-state index contributed by atoms with van der Waals surface area (Å²) in [5.41, 5.74) is 2.48. The first-order chi connectivity index (χ1) is 9.56. The van der Waals surface area contributed by atoms with E-state index < -0.39 is 0 Å². The van der Waals surface area contributed by atoms with Gasteiger partial charge in [-0.05, 0) is 45.0 Å². The van der Waals surface area contributed by atoms with Gasteiger partial charge in [0, 0.05) is 5.69 Å². The van der Waals surface area contributed by atoms with E-state index in [-0.39, 0.29) is 12.0 Å². The van der Waals surface area contributed by atoms with Gasteiger partial charge in [0.25, 0.3) is 5.91 Å². The van der Waals surface area contributed by atoms with Gasteiger partial charge in [0.1, 0.15) is 5.75 Å². The molecule has 0 aromatic heterocycles. The number of anilines is 1. The molecule has 0 aliphatic heterocycles. The van der Waals surface area contributed by atoms with Crippen molar-refractivity contribution in [1.82, 2.24) is 0 Å². The number of rotatable bonds is 4. The fourth-order valence-corrected chi connectivity index (χ4v) is 1.85. The van der Waals surface area contributed by atoms with Crippen molar-refractivity contribution in [3.8, 4) is 5.75 Å². The van der Waals surface area contributed by atoms with Gasteiger partial charge in [-0.25, -0.2) is 0 Å². The van der Waals surface area contributed by atoms with Crippen molar-refractivity contribution < 1.29 is 9.53 Å². The Kier molecular flexibility index (Phi) is 4.41. The van der Waals surface area contributed by atoms with Gasteiger partial charge in [0.15, 0.2) is 0 Å². The van der Waals surface area contributed by atoms with Crippen molar-refractivity contribution >= 4 is 11.6 Å². The molecule has 0 spiro atoms. The SMILES string of the molecule is Cc1ccc(NC(=O)c2ccccc2OC(C)C)cc1. The topological polar surface area (TPSA) is 38.3 Å². The number of aryl methyl sites for hydroxylation is 1. The maximum absolute atomic E-state index is 12.3. The van der Waals surface area contributed by atoms with Crippen molar-refractivity contribution in [2.45, 2.75) is 26.9 Å². The van der Waals surface area contributed by atoms with E-state index in [2.05, 4.69) is 5.32 Å². The second kappa shape index (κ2) is 6.24. The summed E-state index contributed by atoms with van der Waals surface area (Å²) < 4.78 is 5.66. The van der Waals surface area contributed by atoms with E-state index in [1.54, 1.807) is 6.07 Å². The number of carbonyl (C=O) groups is 1. The Morgan fingerprint density at radius 1 is 1.05 bits per heavy atom. The quantitative estimate of drug-likeness (QED) is 0.909. The summed E-state index contributed by atoms with van der Waals surface area (Å²) in [6.45, 7) is 5.89. The third kappa shape index (κ3) is 3.60. The average Bonchev–Trinajstić information content (AvgIpc) is 2.41. The molecule has 2 rings (SSSR count). The number of hydrogen-bond donors (Lipinski definition) is 1. The van der Waals surface area contributed by atoms with Crippen LogP contribution >= 0.6 is 0 Å². The molecule has 104 valence electrons. The van der Waals surface area contributed by atoms with Crippen molar-refractivity contribution in [3.63, 3.8) is 0 Å². The fraction of sp³-hybridized carbons (Fsp3) is 0.235. The van der Waals surface area contributed by atoms with Gasteiger partial charge in [-0.3, -0.25) is 4.79 Å². The molecule has 0 saturated carbocycles. The molecule has 3 nitrogen and oxygen atoms in total. The number of nitrogens with one attached hydrogen (secondary N) is 1. The molecule has 2 aromatic rings. The maximum atomic E-state index is 12.3. The van der Waals surface area contributed by atoms with Crippen LogP contribution in [0.2, 0.25) is 0 Å². The first-order valence-electron chi connectivity index (χ1n) is 6.70. The molecule has 0 heterocycles. The zero-order valence-electron chi connectivity index (χ0n) is 12.0. The number of amides is 1. The molecular weight excluding hydrogens is 250 g/mol. The Labute approximate surface area is 119 Å².